The van der Waals surface area contributed by atoms with Gasteiger partial charge in [-0.3, -0.25) is 23.0 Å². The van der Waals surface area contributed by atoms with Crippen LogP contribution in [-0.4, -0.2) is 113 Å². The third kappa shape index (κ3) is 5.93. The summed E-state index contributed by atoms with van der Waals surface area (Å²) in [4.78, 5) is 46.8. The van der Waals surface area contributed by atoms with Gasteiger partial charge in [0.05, 0.1) is 33.4 Å². The molecule has 21 nitrogen and oxygen atoms in total. The molecule has 0 aromatic carbocycles. The van der Waals surface area contributed by atoms with Crippen molar-refractivity contribution in [1.82, 2.24) is 39.0 Å². The van der Waals surface area contributed by atoms with Gasteiger partial charge in [-0.05, 0) is 13.8 Å². The molecule has 2 bridgehead atoms. The molecule has 7 rings (SSSR count). The first-order valence-electron chi connectivity index (χ1n) is 13.9. The number of aliphatic hydroxyl groups is 1. The summed E-state index contributed by atoms with van der Waals surface area (Å²) in [6.45, 7) is 2.47. The minimum atomic E-state index is -4.93. The summed E-state index contributed by atoms with van der Waals surface area (Å²) in [6.07, 6.45) is -5.94. The van der Waals surface area contributed by atoms with E-state index in [1.54, 1.807) is 13.8 Å². The fourth-order valence-electron chi connectivity index (χ4n) is 5.68. The predicted octanol–water partition coefficient (Wildman–Crippen LogP) is -1.20. The van der Waals surface area contributed by atoms with Crippen molar-refractivity contribution in [2.24, 2.45) is 0 Å². The lowest BCUT2D eigenvalue weighted by molar-refractivity contribution is -0.0651. The molecule has 24 heteroatoms. The van der Waals surface area contributed by atoms with Gasteiger partial charge in [0.1, 0.15) is 61.8 Å². The summed E-state index contributed by atoms with van der Waals surface area (Å²) in [5, 5.41) is 11.3. The Labute approximate surface area is 265 Å². The molecule has 3 fully saturated rings. The number of anilines is 1. The van der Waals surface area contributed by atoms with Gasteiger partial charge in [-0.15, -0.1) is 0 Å². The highest BCUT2D eigenvalue weighted by molar-refractivity contribution is 7.79. The molecule has 0 amide bonds. The van der Waals surface area contributed by atoms with Crippen LogP contribution in [0.1, 0.15) is 25.2 Å². The van der Waals surface area contributed by atoms with Crippen LogP contribution in [-0.2, 0) is 41.4 Å². The number of imidazole rings is 2. The van der Waals surface area contributed by atoms with Crippen LogP contribution in [0.3, 0.4) is 0 Å². The van der Waals surface area contributed by atoms with Crippen molar-refractivity contribution in [3.8, 4) is 0 Å². The second kappa shape index (κ2) is 12.1. The molecule has 47 heavy (non-hydrogen) atoms. The largest absolute Gasteiger partial charge is 0.472 e. The number of aromatic amines is 1. The van der Waals surface area contributed by atoms with E-state index in [-0.39, 0.29) is 34.8 Å². The Morgan fingerprint density at radius 1 is 1.02 bits per heavy atom. The average molecular weight is 698 g/mol. The molecule has 0 aliphatic carbocycles. The average Bonchev–Trinajstić information content (AvgIpc) is 3.76. The molecule has 4 unspecified atom stereocenters. The van der Waals surface area contributed by atoms with Crippen LogP contribution >= 0.6 is 15.3 Å². The van der Waals surface area contributed by atoms with Crippen LogP contribution in [0.25, 0.3) is 22.3 Å². The predicted molar refractivity (Wildman–Crippen MR) is 161 cm³/mol. The minimum absolute atomic E-state index is 0.0310. The summed E-state index contributed by atoms with van der Waals surface area (Å²) in [5.41, 5.74) is 6.09. The number of phosphoric ester groups is 1. The van der Waals surface area contributed by atoms with E-state index in [1.807, 2.05) is 0 Å². The maximum absolute atomic E-state index is 14.0. The van der Waals surface area contributed by atoms with Crippen LogP contribution in [0.4, 0.5) is 5.82 Å². The number of fused-ring (bicyclic) bond motifs is 5. The monoisotopic (exact) mass is 698 g/mol. The zero-order chi connectivity index (χ0) is 33.2. The molecule has 3 saturated heterocycles. The van der Waals surface area contributed by atoms with Gasteiger partial charge in [0.15, 0.2) is 35.1 Å². The van der Waals surface area contributed by atoms with Crippen molar-refractivity contribution < 1.29 is 51.4 Å². The molecular formula is C23H31BN9O12P2-. The molecule has 3 aliphatic heterocycles. The number of nitrogens with zero attached hydrogens (tertiary/aromatic N) is 7. The Bertz CT molecular complexity index is 1980. The highest BCUT2D eigenvalue weighted by atomic mass is 31.2. The topological polar surface area (TPSA) is 272 Å². The maximum Gasteiger partial charge on any atom is 0.472 e. The fraction of sp³-hybridized carbons (Fsp3) is 0.565. The van der Waals surface area contributed by atoms with Crippen LogP contribution in [0.5, 0.6) is 0 Å². The quantitative estimate of drug-likeness (QED) is 0.144. The third-order valence-electron chi connectivity index (χ3n) is 7.65. The number of hydrogen-bond donors (Lipinski definition) is 4. The molecule has 5 N–H and O–H groups in total. The molecular weight excluding hydrogens is 667 g/mol. The number of nitrogens with two attached hydrogens (primary N) is 1. The zero-order valence-corrected chi connectivity index (χ0v) is 25.8. The van der Waals surface area contributed by atoms with Crippen LogP contribution in [0.15, 0.2) is 23.8 Å². The summed E-state index contributed by atoms with van der Waals surface area (Å²) in [7, 11) is -9.93. The summed E-state index contributed by atoms with van der Waals surface area (Å²) < 4.78 is 71.3. The van der Waals surface area contributed by atoms with Gasteiger partial charge in [-0.1, -0.05) is 0 Å². The van der Waals surface area contributed by atoms with Gasteiger partial charge >= 0.3 is 7.82 Å². The first-order chi connectivity index (χ1) is 22.4. The van der Waals surface area contributed by atoms with Crippen molar-refractivity contribution in [3.05, 3.63) is 35.2 Å². The smallest absolute Gasteiger partial charge is 0.386 e. The Balaban J connectivity index is 1.23. The zero-order valence-electron chi connectivity index (χ0n) is 24.1. The van der Waals surface area contributed by atoms with Gasteiger partial charge in [-0.2, -0.15) is 0 Å². The number of aryl methyl sites for hydroxylation is 1. The Hall–Kier alpha value is -3.14. The standard InChI is InChI=1S/C23H31BN9O12P2/c1-3-39-16-11-5-41-47(37,38)45-15-10(42-22(14(15)34)32-7-28-12-18(25)26-6-27-19(12)32)4-40-46(24,36)44-17(16)23(43-11)33-8-29-13-20(33)30-9(2)31-21(13)35/h6-8,10-11,14-17,22-23,34H,3-5H2,1-2,24H3,(H,37,38)(H2,25,26,27)(H,30,31,35)/q-1/t10-,11-,14?,15+,16?,17+,22-,23-,46?/m1/s1. The van der Waals surface area contributed by atoms with Crippen molar-refractivity contribution in [1.29, 1.82) is 0 Å². The minimum Gasteiger partial charge on any atom is -0.386 e. The molecule has 0 spiro atoms. The summed E-state index contributed by atoms with van der Waals surface area (Å²) in [5.74, 6) is 0.409. The van der Waals surface area contributed by atoms with Crippen LogP contribution in [0.2, 0.25) is 0 Å². The van der Waals surface area contributed by atoms with E-state index >= 15 is 0 Å². The maximum atomic E-state index is 14.0. The first kappa shape index (κ1) is 32.4. The van der Waals surface area contributed by atoms with E-state index in [0.29, 0.717) is 5.82 Å². The van der Waals surface area contributed by atoms with Gasteiger partial charge < -0.3 is 48.5 Å². The highest BCUT2D eigenvalue weighted by Crippen LogP contribution is 2.54. The number of aromatic nitrogens is 8. The normalized spacial score (nSPS) is 36.6. The van der Waals surface area contributed by atoms with Gasteiger partial charge in [0.25, 0.3) is 5.56 Å². The lowest BCUT2D eigenvalue weighted by Crippen LogP contribution is -2.38. The van der Waals surface area contributed by atoms with Gasteiger partial charge in [0.2, 0.25) is 0 Å². The van der Waals surface area contributed by atoms with E-state index in [9.17, 15) is 23.9 Å². The summed E-state index contributed by atoms with van der Waals surface area (Å²) >= 11 is 0. The number of nitrogen functional groups attached to an aromatic ring is 1. The van der Waals surface area contributed by atoms with Crippen molar-refractivity contribution in [2.75, 3.05) is 25.6 Å². The molecule has 4 aromatic heterocycles. The Kier molecular flexibility index (Phi) is 8.33. The van der Waals surface area contributed by atoms with Crippen molar-refractivity contribution in [2.45, 2.75) is 62.9 Å². The number of nitrogens with one attached hydrogen (secondary N) is 1. The second-order valence-electron chi connectivity index (χ2n) is 10.5. The summed E-state index contributed by atoms with van der Waals surface area (Å²) in [6, 6.07) is 0. The number of phosphoric acid groups is 1. The van der Waals surface area contributed by atoms with Crippen molar-refractivity contribution in [3.63, 3.8) is 0 Å². The Morgan fingerprint density at radius 2 is 1.72 bits per heavy atom. The lowest BCUT2D eigenvalue weighted by Gasteiger charge is -2.31. The Morgan fingerprint density at radius 3 is 2.49 bits per heavy atom. The number of rotatable bonds is 4. The molecule has 3 aliphatic rings. The first-order valence-corrected chi connectivity index (χ1v) is 16.5. The van der Waals surface area contributed by atoms with Crippen LogP contribution in [0, 0.1) is 6.92 Å². The van der Waals surface area contributed by atoms with Gasteiger partial charge in [-0.25, -0.2) is 29.5 Å². The molecule has 10 atom stereocenters. The van der Waals surface area contributed by atoms with Gasteiger partial charge in [0, 0.05) is 6.61 Å². The fourth-order valence-corrected chi connectivity index (χ4v) is 7.40. The number of aliphatic hydroxyl groups excluding tert-OH is 1. The van der Waals surface area contributed by atoms with E-state index in [0.717, 1.165) is 0 Å². The molecule has 0 saturated carbocycles. The number of H-pyrrole nitrogens is 1. The highest BCUT2D eigenvalue weighted by Gasteiger charge is 2.53. The molecule has 254 valence electrons. The second-order valence-corrected chi connectivity index (χ2v) is 12.8. The SMILES string of the molecule is [BH3-]P1(=O)OC[C@H]2O[C@@H](n3cnc4c(N)ncnc43)C(O)[C@H]2OP(=O)(O)OC[C@H]2O[C@@H](n3cnc4c(=O)[nH]c(C)nc43)[C@@H](O1)C2OCC. The number of hydrogen-bond acceptors (Lipinski definition) is 17. The van der Waals surface area contributed by atoms with Crippen LogP contribution < -0.4 is 11.3 Å². The van der Waals surface area contributed by atoms with E-state index in [2.05, 4.69) is 29.9 Å². The number of ether oxygens (including phenoxy) is 3. The van der Waals surface area contributed by atoms with E-state index in [4.69, 9.17) is 38.0 Å². The molecule has 7 heterocycles. The molecule has 4 aromatic rings. The van der Waals surface area contributed by atoms with E-state index in [1.165, 1.54) is 28.1 Å². The molecule has 0 radical (unpaired) electrons. The van der Waals surface area contributed by atoms with Crippen molar-refractivity contribution >= 4 is 51.0 Å². The lowest BCUT2D eigenvalue weighted by atomic mass is 10.1. The van der Waals surface area contributed by atoms with E-state index < -0.39 is 90.7 Å². The third-order valence-corrected chi connectivity index (χ3v) is 9.41.